The van der Waals surface area contributed by atoms with Crippen LogP contribution in [0.5, 0.6) is 5.75 Å². The molecule has 1 aromatic heterocycles. The summed E-state index contributed by atoms with van der Waals surface area (Å²) in [5, 5.41) is 0. The van der Waals surface area contributed by atoms with Crippen LogP contribution in [0.1, 0.15) is 22.7 Å². The first kappa shape index (κ1) is 13.7. The number of hydrogen-bond acceptors (Lipinski definition) is 3. The van der Waals surface area contributed by atoms with E-state index in [2.05, 4.69) is 0 Å². The van der Waals surface area contributed by atoms with Crippen LogP contribution in [0.3, 0.4) is 0 Å². The highest BCUT2D eigenvalue weighted by atomic mass is 35.5. The van der Waals surface area contributed by atoms with Crippen LogP contribution in [0.25, 0.3) is 0 Å². The molecule has 1 unspecified atom stereocenters. The smallest absolute Gasteiger partial charge is 0.123 e. The molecule has 0 saturated carbocycles. The zero-order valence-corrected chi connectivity index (χ0v) is 12.4. The molecule has 2 aromatic rings. The predicted octanol–water partition coefficient (Wildman–Crippen LogP) is 4.42. The second kappa shape index (κ2) is 5.49. The fourth-order valence-corrected chi connectivity index (χ4v) is 3.38. The summed E-state index contributed by atoms with van der Waals surface area (Å²) in [5.41, 5.74) is 9.12. The quantitative estimate of drug-likeness (QED) is 0.911. The Labute approximate surface area is 120 Å². The van der Waals surface area contributed by atoms with Crippen LogP contribution in [0.4, 0.5) is 0 Å². The molecular weight excluding hydrogens is 289 g/mol. The normalized spacial score (nSPS) is 12.5. The van der Waals surface area contributed by atoms with Crippen molar-refractivity contribution < 1.29 is 4.74 Å². The number of benzene rings is 1. The maximum Gasteiger partial charge on any atom is 0.123 e. The molecule has 0 saturated heterocycles. The van der Waals surface area contributed by atoms with Gasteiger partial charge < -0.3 is 10.5 Å². The van der Waals surface area contributed by atoms with Gasteiger partial charge in [0.05, 0.1) is 21.8 Å². The van der Waals surface area contributed by atoms with Crippen LogP contribution in [-0.4, -0.2) is 7.11 Å². The molecule has 18 heavy (non-hydrogen) atoms. The molecule has 1 heterocycles. The molecule has 0 fully saturated rings. The number of thiophene rings is 1. The molecule has 0 radical (unpaired) electrons. The molecule has 0 aliphatic carbocycles. The molecule has 0 spiro atoms. The highest BCUT2D eigenvalue weighted by Gasteiger charge is 2.19. The molecule has 0 aliphatic heterocycles. The van der Waals surface area contributed by atoms with Gasteiger partial charge in [0, 0.05) is 11.1 Å². The number of nitrogens with two attached hydrogens (primary N) is 1. The van der Waals surface area contributed by atoms with Crippen molar-refractivity contribution in [2.45, 2.75) is 13.0 Å². The summed E-state index contributed by atoms with van der Waals surface area (Å²) < 4.78 is 6.59. The molecule has 0 bridgehead atoms. The highest BCUT2D eigenvalue weighted by Crippen LogP contribution is 2.38. The monoisotopic (exact) mass is 301 g/mol. The lowest BCUT2D eigenvalue weighted by atomic mass is 9.99. The molecule has 2 nitrogen and oxygen atoms in total. The van der Waals surface area contributed by atoms with Crippen LogP contribution in [0, 0.1) is 6.92 Å². The number of methoxy groups -OCH3 is 1. The van der Waals surface area contributed by atoms with Crippen molar-refractivity contribution in [1.82, 2.24) is 0 Å². The molecule has 2 N–H and O–H groups in total. The molecule has 1 aromatic carbocycles. The van der Waals surface area contributed by atoms with Gasteiger partial charge in [-0.25, -0.2) is 0 Å². The topological polar surface area (TPSA) is 35.2 Å². The molecule has 0 aliphatic rings. The van der Waals surface area contributed by atoms with Gasteiger partial charge in [0.15, 0.2) is 0 Å². The second-order valence-corrected chi connectivity index (χ2v) is 6.29. The number of aryl methyl sites for hydroxylation is 1. The van der Waals surface area contributed by atoms with Crippen molar-refractivity contribution in [1.29, 1.82) is 0 Å². The van der Waals surface area contributed by atoms with E-state index in [-0.39, 0.29) is 6.04 Å². The Balaban J connectivity index is 2.48. The Bertz CT molecular complexity index is 568. The number of hydrogen-bond donors (Lipinski definition) is 1. The van der Waals surface area contributed by atoms with Crippen LogP contribution >= 0.6 is 34.5 Å². The van der Waals surface area contributed by atoms with Crippen molar-refractivity contribution >= 4 is 34.5 Å². The highest BCUT2D eigenvalue weighted by molar-refractivity contribution is 7.20. The number of rotatable bonds is 3. The van der Waals surface area contributed by atoms with E-state index in [0.717, 1.165) is 22.4 Å². The van der Waals surface area contributed by atoms with Crippen molar-refractivity contribution in [2.24, 2.45) is 5.73 Å². The lowest BCUT2D eigenvalue weighted by Gasteiger charge is -2.16. The summed E-state index contributed by atoms with van der Waals surface area (Å²) >= 11 is 13.4. The largest absolute Gasteiger partial charge is 0.496 e. The van der Waals surface area contributed by atoms with Crippen molar-refractivity contribution in [3.05, 3.63) is 49.6 Å². The SMILES string of the molecule is COc1ccc(C)cc1C(N)c1cc(Cl)sc1Cl. The van der Waals surface area contributed by atoms with E-state index in [4.69, 9.17) is 33.7 Å². The average molecular weight is 302 g/mol. The van der Waals surface area contributed by atoms with Crippen molar-refractivity contribution in [3.8, 4) is 5.75 Å². The van der Waals surface area contributed by atoms with E-state index in [1.54, 1.807) is 13.2 Å². The summed E-state index contributed by atoms with van der Waals surface area (Å²) in [5.74, 6) is 0.756. The average Bonchev–Trinajstić information content (AvgIpc) is 2.67. The van der Waals surface area contributed by atoms with E-state index < -0.39 is 0 Å². The Morgan fingerprint density at radius 1 is 1.22 bits per heavy atom. The first-order valence-electron chi connectivity index (χ1n) is 5.37. The van der Waals surface area contributed by atoms with Crippen molar-refractivity contribution in [3.63, 3.8) is 0 Å². The van der Waals surface area contributed by atoms with Crippen LogP contribution in [0.15, 0.2) is 24.3 Å². The van der Waals surface area contributed by atoms with Gasteiger partial charge in [-0.15, -0.1) is 11.3 Å². The predicted molar refractivity (Wildman–Crippen MR) is 78.1 cm³/mol. The summed E-state index contributed by atoms with van der Waals surface area (Å²) in [7, 11) is 1.63. The standard InChI is InChI=1S/C13H13Cl2NOS/c1-7-3-4-10(17-2)8(5-7)12(16)9-6-11(14)18-13(9)15/h3-6,12H,16H2,1-2H3. The minimum atomic E-state index is -0.337. The molecule has 2 rings (SSSR count). The van der Waals surface area contributed by atoms with Gasteiger partial charge in [-0.2, -0.15) is 0 Å². The summed E-state index contributed by atoms with van der Waals surface area (Å²) in [6, 6.07) is 7.37. The van der Waals surface area contributed by atoms with Gasteiger partial charge in [0.25, 0.3) is 0 Å². The Kier molecular flexibility index (Phi) is 4.17. The third kappa shape index (κ3) is 2.64. The van der Waals surface area contributed by atoms with Gasteiger partial charge in [-0.05, 0) is 19.1 Å². The summed E-state index contributed by atoms with van der Waals surface area (Å²) in [6.45, 7) is 2.01. The third-order valence-corrected chi connectivity index (χ3v) is 4.26. The molecule has 1 atom stereocenters. The Morgan fingerprint density at radius 3 is 2.50 bits per heavy atom. The first-order chi connectivity index (χ1) is 8.52. The van der Waals surface area contributed by atoms with Gasteiger partial charge in [-0.3, -0.25) is 0 Å². The minimum absolute atomic E-state index is 0.337. The zero-order chi connectivity index (χ0) is 13.3. The van der Waals surface area contributed by atoms with Gasteiger partial charge >= 0.3 is 0 Å². The number of halogens is 2. The summed E-state index contributed by atoms with van der Waals surface area (Å²) in [4.78, 5) is 0. The van der Waals surface area contributed by atoms with Crippen LogP contribution in [0.2, 0.25) is 8.67 Å². The Morgan fingerprint density at radius 2 is 1.94 bits per heavy atom. The van der Waals surface area contributed by atoms with Gasteiger partial charge in [-0.1, -0.05) is 40.9 Å². The molecule has 0 amide bonds. The van der Waals surface area contributed by atoms with E-state index in [1.807, 2.05) is 25.1 Å². The third-order valence-electron chi connectivity index (χ3n) is 2.74. The first-order valence-corrected chi connectivity index (χ1v) is 6.95. The zero-order valence-electron chi connectivity index (χ0n) is 10.0. The summed E-state index contributed by atoms with van der Waals surface area (Å²) in [6.07, 6.45) is 0. The maximum atomic E-state index is 6.26. The fourth-order valence-electron chi connectivity index (χ4n) is 1.83. The maximum absolute atomic E-state index is 6.26. The fraction of sp³-hybridized carbons (Fsp3) is 0.231. The lowest BCUT2D eigenvalue weighted by Crippen LogP contribution is -2.13. The molecule has 5 heteroatoms. The lowest BCUT2D eigenvalue weighted by molar-refractivity contribution is 0.408. The van der Waals surface area contributed by atoms with Crippen LogP contribution < -0.4 is 10.5 Å². The van der Waals surface area contributed by atoms with Crippen LogP contribution in [-0.2, 0) is 0 Å². The number of ether oxygens (including phenoxy) is 1. The van der Waals surface area contributed by atoms with E-state index in [1.165, 1.54) is 11.3 Å². The molecular formula is C13H13Cl2NOS. The van der Waals surface area contributed by atoms with E-state index >= 15 is 0 Å². The van der Waals surface area contributed by atoms with Gasteiger partial charge in [0.2, 0.25) is 0 Å². The molecule has 96 valence electrons. The Hall–Kier alpha value is -0.740. The second-order valence-electron chi connectivity index (χ2n) is 4.00. The minimum Gasteiger partial charge on any atom is -0.496 e. The van der Waals surface area contributed by atoms with E-state index in [9.17, 15) is 0 Å². The van der Waals surface area contributed by atoms with Crippen molar-refractivity contribution in [2.75, 3.05) is 7.11 Å². The van der Waals surface area contributed by atoms with E-state index in [0.29, 0.717) is 8.67 Å². The van der Waals surface area contributed by atoms with Gasteiger partial charge in [0.1, 0.15) is 5.75 Å².